The zero-order valence-electron chi connectivity index (χ0n) is 14.2. The molecule has 4 nitrogen and oxygen atoms in total. The molecule has 1 saturated heterocycles. The van der Waals surface area contributed by atoms with Gasteiger partial charge >= 0.3 is 0 Å². The number of hydrogen-bond donors (Lipinski definition) is 0. The molecule has 0 unspecified atom stereocenters. The molecule has 4 rings (SSSR count). The maximum absolute atomic E-state index is 12.8. The molecule has 128 valence electrons. The van der Waals surface area contributed by atoms with Crippen LogP contribution in [0.1, 0.15) is 30.0 Å². The Bertz CT molecular complexity index is 796. The minimum absolute atomic E-state index is 0.00356. The molecule has 1 amide bonds. The summed E-state index contributed by atoms with van der Waals surface area (Å²) in [5, 5.41) is 0. The summed E-state index contributed by atoms with van der Waals surface area (Å²) in [6.45, 7) is 0.348. The fraction of sp³-hybridized carbons (Fsp3) is 0.286. The Balaban J connectivity index is 1.55. The van der Waals surface area contributed by atoms with Crippen LogP contribution in [0.25, 0.3) is 6.08 Å². The molecule has 1 aliphatic heterocycles. The lowest BCUT2D eigenvalue weighted by atomic mass is 9.99. The molecule has 2 fully saturated rings. The smallest absolute Gasteiger partial charge is 0.249 e. The summed E-state index contributed by atoms with van der Waals surface area (Å²) in [5.74, 6) is 0.749. The van der Waals surface area contributed by atoms with Gasteiger partial charge in [-0.05, 0) is 42.2 Å². The average Bonchev–Trinajstić information content (AvgIpc) is 3.33. The summed E-state index contributed by atoms with van der Waals surface area (Å²) >= 11 is 0. The van der Waals surface area contributed by atoms with Crippen LogP contribution in [0.15, 0.2) is 60.7 Å². The van der Waals surface area contributed by atoms with Crippen LogP contribution < -0.4 is 4.74 Å². The number of amides is 1. The van der Waals surface area contributed by atoms with Crippen molar-refractivity contribution in [3.8, 4) is 5.75 Å². The highest BCUT2D eigenvalue weighted by Gasteiger charge is 2.58. The molecule has 0 aromatic heterocycles. The van der Waals surface area contributed by atoms with Crippen molar-refractivity contribution in [2.75, 3.05) is 13.8 Å². The molecule has 2 aromatic rings. The van der Waals surface area contributed by atoms with Gasteiger partial charge in [-0.3, -0.25) is 4.79 Å². The van der Waals surface area contributed by atoms with Crippen LogP contribution in [0.2, 0.25) is 0 Å². The standard InChI is InChI=1S/C21H21NO3/c1-24-18-9-5-6-16(14-18)10-11-19(23)22-15-25-21(12-13-21)20(22)17-7-3-2-4-8-17/h2-11,14,20H,12-13,15H2,1H3/b11-10+/t20-/m1/s1. The molecular weight excluding hydrogens is 314 g/mol. The molecule has 1 atom stereocenters. The van der Waals surface area contributed by atoms with Gasteiger partial charge in [0.05, 0.1) is 18.8 Å². The Hall–Kier alpha value is -2.59. The number of benzene rings is 2. The minimum atomic E-state index is -0.180. The topological polar surface area (TPSA) is 38.8 Å². The van der Waals surface area contributed by atoms with Crippen LogP contribution >= 0.6 is 0 Å². The number of rotatable bonds is 4. The van der Waals surface area contributed by atoms with Crippen molar-refractivity contribution < 1.29 is 14.3 Å². The first kappa shape index (κ1) is 15.9. The van der Waals surface area contributed by atoms with E-state index in [1.54, 1.807) is 13.2 Å². The second kappa shape index (κ2) is 6.37. The normalized spacial score (nSPS) is 21.0. The van der Waals surface area contributed by atoms with E-state index in [9.17, 15) is 4.79 Å². The second-order valence-corrected chi connectivity index (χ2v) is 6.57. The highest BCUT2D eigenvalue weighted by molar-refractivity contribution is 5.92. The lowest BCUT2D eigenvalue weighted by Crippen LogP contribution is -2.32. The first-order chi connectivity index (χ1) is 12.2. The molecule has 1 heterocycles. The zero-order valence-corrected chi connectivity index (χ0v) is 14.2. The molecule has 0 N–H and O–H groups in total. The summed E-state index contributed by atoms with van der Waals surface area (Å²) < 4.78 is 11.2. The molecule has 4 heteroatoms. The number of carbonyl (C=O) groups is 1. The SMILES string of the molecule is COc1cccc(/C=C/C(=O)N2COC3(CC3)[C@H]2c2ccccc2)c1. The third-order valence-electron chi connectivity index (χ3n) is 4.95. The van der Waals surface area contributed by atoms with Crippen molar-refractivity contribution in [1.82, 2.24) is 4.90 Å². The van der Waals surface area contributed by atoms with Crippen molar-refractivity contribution in [2.24, 2.45) is 0 Å². The Kier molecular flexibility index (Phi) is 4.06. The van der Waals surface area contributed by atoms with Gasteiger partial charge in [-0.1, -0.05) is 42.5 Å². The number of nitrogens with zero attached hydrogens (tertiary/aromatic N) is 1. The Morgan fingerprint density at radius 3 is 2.72 bits per heavy atom. The number of ether oxygens (including phenoxy) is 2. The number of hydrogen-bond acceptors (Lipinski definition) is 3. The largest absolute Gasteiger partial charge is 0.497 e. The quantitative estimate of drug-likeness (QED) is 0.798. The van der Waals surface area contributed by atoms with E-state index in [0.717, 1.165) is 29.7 Å². The molecular formula is C21H21NO3. The Labute approximate surface area is 147 Å². The molecule has 2 aromatic carbocycles. The van der Waals surface area contributed by atoms with E-state index < -0.39 is 0 Å². The van der Waals surface area contributed by atoms with Gasteiger partial charge in [-0.15, -0.1) is 0 Å². The summed E-state index contributed by atoms with van der Waals surface area (Å²) in [6.07, 6.45) is 5.46. The number of carbonyl (C=O) groups excluding carboxylic acids is 1. The zero-order chi connectivity index (χ0) is 17.3. The third kappa shape index (κ3) is 3.05. The van der Waals surface area contributed by atoms with Gasteiger partial charge in [-0.2, -0.15) is 0 Å². The van der Waals surface area contributed by atoms with Crippen molar-refractivity contribution >= 4 is 12.0 Å². The minimum Gasteiger partial charge on any atom is -0.497 e. The van der Waals surface area contributed by atoms with E-state index in [0.29, 0.717) is 6.73 Å². The lowest BCUT2D eigenvalue weighted by Gasteiger charge is -2.25. The van der Waals surface area contributed by atoms with Crippen LogP contribution in [0.3, 0.4) is 0 Å². The maximum atomic E-state index is 12.8. The van der Waals surface area contributed by atoms with Gasteiger partial charge in [0.25, 0.3) is 0 Å². The van der Waals surface area contributed by atoms with Crippen molar-refractivity contribution in [3.63, 3.8) is 0 Å². The molecule has 1 aliphatic carbocycles. The van der Waals surface area contributed by atoms with Crippen LogP contribution in [0.5, 0.6) is 5.75 Å². The first-order valence-corrected chi connectivity index (χ1v) is 8.53. The van der Waals surface area contributed by atoms with E-state index >= 15 is 0 Å². The summed E-state index contributed by atoms with van der Waals surface area (Å²) in [4.78, 5) is 14.6. The maximum Gasteiger partial charge on any atom is 0.249 e. The van der Waals surface area contributed by atoms with Crippen LogP contribution in [0.4, 0.5) is 0 Å². The van der Waals surface area contributed by atoms with E-state index in [4.69, 9.17) is 9.47 Å². The fourth-order valence-electron chi connectivity index (χ4n) is 3.49. The molecule has 2 aliphatic rings. The third-order valence-corrected chi connectivity index (χ3v) is 4.95. The lowest BCUT2D eigenvalue weighted by molar-refractivity contribution is -0.128. The fourth-order valence-corrected chi connectivity index (χ4v) is 3.49. The Morgan fingerprint density at radius 2 is 2.00 bits per heavy atom. The van der Waals surface area contributed by atoms with Crippen LogP contribution in [-0.2, 0) is 9.53 Å². The van der Waals surface area contributed by atoms with E-state index in [-0.39, 0.29) is 17.6 Å². The van der Waals surface area contributed by atoms with Crippen LogP contribution in [-0.4, -0.2) is 30.2 Å². The molecule has 1 saturated carbocycles. The summed E-state index contributed by atoms with van der Waals surface area (Å²) in [6, 6.07) is 17.8. The molecule has 25 heavy (non-hydrogen) atoms. The van der Waals surface area contributed by atoms with Crippen molar-refractivity contribution in [3.05, 3.63) is 71.8 Å². The van der Waals surface area contributed by atoms with Crippen molar-refractivity contribution in [1.29, 1.82) is 0 Å². The van der Waals surface area contributed by atoms with Crippen molar-refractivity contribution in [2.45, 2.75) is 24.5 Å². The van der Waals surface area contributed by atoms with Gasteiger partial charge in [0.1, 0.15) is 12.5 Å². The molecule has 1 spiro atoms. The predicted octanol–water partition coefficient (Wildman–Crippen LogP) is 3.80. The average molecular weight is 335 g/mol. The molecule has 0 bridgehead atoms. The van der Waals surface area contributed by atoms with Gasteiger partial charge in [0.2, 0.25) is 5.91 Å². The predicted molar refractivity (Wildman–Crippen MR) is 96.0 cm³/mol. The Morgan fingerprint density at radius 1 is 1.20 bits per heavy atom. The van der Waals surface area contributed by atoms with E-state index in [2.05, 4.69) is 12.1 Å². The van der Waals surface area contributed by atoms with Gasteiger partial charge in [0.15, 0.2) is 0 Å². The number of methoxy groups -OCH3 is 1. The van der Waals surface area contributed by atoms with Gasteiger partial charge < -0.3 is 14.4 Å². The highest BCUT2D eigenvalue weighted by atomic mass is 16.5. The monoisotopic (exact) mass is 335 g/mol. The summed E-state index contributed by atoms with van der Waals surface area (Å²) in [7, 11) is 1.63. The second-order valence-electron chi connectivity index (χ2n) is 6.57. The van der Waals surface area contributed by atoms with E-state index in [1.807, 2.05) is 53.4 Å². The first-order valence-electron chi connectivity index (χ1n) is 8.53. The van der Waals surface area contributed by atoms with E-state index in [1.165, 1.54) is 0 Å². The van der Waals surface area contributed by atoms with Gasteiger partial charge in [0, 0.05) is 6.08 Å². The highest BCUT2D eigenvalue weighted by Crippen LogP contribution is 2.55. The van der Waals surface area contributed by atoms with Gasteiger partial charge in [-0.25, -0.2) is 0 Å². The van der Waals surface area contributed by atoms with Crippen LogP contribution in [0, 0.1) is 0 Å². The summed E-state index contributed by atoms with van der Waals surface area (Å²) in [5.41, 5.74) is 1.90. The molecule has 0 radical (unpaired) electrons.